The molecular formula is C9H9F3N2O3. The average molecular weight is 250 g/mol. The Labute approximate surface area is 94.3 Å². The van der Waals surface area contributed by atoms with E-state index in [1.807, 2.05) is 0 Å². The van der Waals surface area contributed by atoms with Crippen LogP contribution in [0, 0.1) is 6.92 Å². The van der Waals surface area contributed by atoms with Crippen LogP contribution in [-0.4, -0.2) is 33.8 Å². The Hall–Kier alpha value is -1.70. The van der Waals surface area contributed by atoms with Crippen LogP contribution in [0.25, 0.3) is 0 Å². The molecule has 1 rings (SSSR count). The van der Waals surface area contributed by atoms with Gasteiger partial charge in [0.15, 0.2) is 5.82 Å². The Morgan fingerprint density at radius 3 is 2.65 bits per heavy atom. The van der Waals surface area contributed by atoms with Crippen molar-refractivity contribution in [2.75, 3.05) is 6.61 Å². The molecule has 1 aromatic rings. The van der Waals surface area contributed by atoms with Gasteiger partial charge in [0.2, 0.25) is 0 Å². The van der Waals surface area contributed by atoms with E-state index in [1.165, 1.54) is 6.92 Å². The summed E-state index contributed by atoms with van der Waals surface area (Å²) in [6.45, 7) is -0.380. The third-order valence-corrected chi connectivity index (χ3v) is 1.76. The molecule has 0 saturated carbocycles. The first-order valence-corrected chi connectivity index (χ1v) is 4.50. The molecule has 0 aliphatic carbocycles. The van der Waals surface area contributed by atoms with Crippen LogP contribution in [0.2, 0.25) is 0 Å². The highest BCUT2D eigenvalue weighted by molar-refractivity contribution is 5.88. The molecule has 0 radical (unpaired) electrons. The molecule has 1 heterocycles. The van der Waals surface area contributed by atoms with Gasteiger partial charge < -0.3 is 9.84 Å². The van der Waals surface area contributed by atoms with Gasteiger partial charge in [-0.2, -0.15) is 13.2 Å². The summed E-state index contributed by atoms with van der Waals surface area (Å²) in [7, 11) is 0. The van der Waals surface area contributed by atoms with Gasteiger partial charge in [0.05, 0.1) is 11.3 Å². The first-order chi connectivity index (χ1) is 7.79. The number of hydrogen-bond acceptors (Lipinski definition) is 4. The summed E-state index contributed by atoms with van der Waals surface area (Å²) < 4.78 is 39.6. The number of carboxylic acid groups (broad SMARTS) is 1. The van der Waals surface area contributed by atoms with Crippen molar-refractivity contribution in [2.24, 2.45) is 0 Å². The lowest BCUT2D eigenvalue weighted by atomic mass is 10.2. The molecule has 8 heteroatoms. The summed E-state index contributed by atoms with van der Waals surface area (Å²) in [5.74, 6) is -1.18. The summed E-state index contributed by atoms with van der Waals surface area (Å²) in [5, 5.41) is 8.68. The topological polar surface area (TPSA) is 72.3 Å². The molecule has 0 atom stereocenters. The van der Waals surface area contributed by atoms with Gasteiger partial charge in [-0.25, -0.2) is 14.8 Å². The van der Waals surface area contributed by atoms with E-state index in [1.54, 1.807) is 0 Å². The SMILES string of the molecule is Cc1nc(COCC(F)(F)F)ncc1C(=O)O. The minimum atomic E-state index is -4.41. The maximum absolute atomic E-state index is 11.8. The standard InChI is InChI=1S/C9H9F3N2O3/c1-5-6(8(15)16)2-13-7(14-5)3-17-4-9(10,11)12/h2H,3-4H2,1H3,(H,15,16). The predicted molar refractivity (Wildman–Crippen MR) is 49.4 cm³/mol. The smallest absolute Gasteiger partial charge is 0.411 e. The van der Waals surface area contributed by atoms with Crippen molar-refractivity contribution in [3.8, 4) is 0 Å². The molecule has 1 N–H and O–H groups in total. The molecule has 0 aromatic carbocycles. The van der Waals surface area contributed by atoms with E-state index in [0.29, 0.717) is 0 Å². The zero-order valence-electron chi connectivity index (χ0n) is 8.78. The summed E-state index contributed by atoms with van der Waals surface area (Å²) in [6.07, 6.45) is -3.37. The number of hydrogen-bond donors (Lipinski definition) is 1. The molecule has 0 aliphatic rings. The number of alkyl halides is 3. The Morgan fingerprint density at radius 1 is 1.53 bits per heavy atom. The zero-order valence-corrected chi connectivity index (χ0v) is 8.78. The Kier molecular flexibility index (Phi) is 4.00. The molecule has 0 bridgehead atoms. The van der Waals surface area contributed by atoms with Crippen LogP contribution in [0.1, 0.15) is 21.9 Å². The van der Waals surface area contributed by atoms with Gasteiger partial charge in [-0.3, -0.25) is 0 Å². The lowest BCUT2D eigenvalue weighted by Crippen LogP contribution is -2.17. The lowest BCUT2D eigenvalue weighted by molar-refractivity contribution is -0.177. The fourth-order valence-electron chi connectivity index (χ4n) is 1.05. The number of aryl methyl sites for hydroxylation is 1. The Balaban J connectivity index is 2.62. The number of aromatic carboxylic acids is 1. The number of halogens is 3. The summed E-state index contributed by atoms with van der Waals surface area (Å²) in [5.41, 5.74) is 0.0858. The largest absolute Gasteiger partial charge is 0.478 e. The Bertz CT molecular complexity index is 420. The van der Waals surface area contributed by atoms with E-state index in [-0.39, 0.29) is 17.1 Å². The van der Waals surface area contributed by atoms with Crippen LogP contribution >= 0.6 is 0 Å². The lowest BCUT2D eigenvalue weighted by Gasteiger charge is -2.07. The summed E-state index contributed by atoms with van der Waals surface area (Å²) in [6, 6.07) is 0. The van der Waals surface area contributed by atoms with E-state index in [0.717, 1.165) is 6.20 Å². The molecule has 0 spiro atoms. The molecule has 0 unspecified atom stereocenters. The first kappa shape index (κ1) is 13.4. The molecule has 94 valence electrons. The number of aromatic nitrogens is 2. The fourth-order valence-corrected chi connectivity index (χ4v) is 1.05. The minimum Gasteiger partial charge on any atom is -0.478 e. The van der Waals surface area contributed by atoms with Gasteiger partial charge in [0, 0.05) is 6.20 Å². The molecule has 1 aromatic heterocycles. The number of carboxylic acids is 1. The van der Waals surface area contributed by atoms with Gasteiger partial charge in [-0.15, -0.1) is 0 Å². The summed E-state index contributed by atoms with van der Waals surface area (Å²) in [4.78, 5) is 17.9. The number of nitrogens with zero attached hydrogens (tertiary/aromatic N) is 2. The average Bonchev–Trinajstić information content (AvgIpc) is 2.15. The maximum atomic E-state index is 11.8. The summed E-state index contributed by atoms with van der Waals surface area (Å²) >= 11 is 0. The van der Waals surface area contributed by atoms with Crippen molar-refractivity contribution in [3.63, 3.8) is 0 Å². The van der Waals surface area contributed by atoms with Crippen molar-refractivity contribution in [1.29, 1.82) is 0 Å². The Morgan fingerprint density at radius 2 is 2.18 bits per heavy atom. The van der Waals surface area contributed by atoms with Crippen LogP contribution in [-0.2, 0) is 11.3 Å². The molecular weight excluding hydrogens is 241 g/mol. The second kappa shape index (κ2) is 5.09. The predicted octanol–water partition coefficient (Wildman–Crippen LogP) is 1.56. The second-order valence-corrected chi connectivity index (χ2v) is 3.20. The highest BCUT2D eigenvalue weighted by atomic mass is 19.4. The van der Waals surface area contributed by atoms with Gasteiger partial charge >= 0.3 is 12.1 Å². The van der Waals surface area contributed by atoms with Gasteiger partial charge in [0.1, 0.15) is 13.2 Å². The van der Waals surface area contributed by atoms with Gasteiger partial charge in [0.25, 0.3) is 0 Å². The van der Waals surface area contributed by atoms with Crippen molar-refractivity contribution in [2.45, 2.75) is 19.7 Å². The van der Waals surface area contributed by atoms with E-state index in [4.69, 9.17) is 5.11 Å². The monoisotopic (exact) mass is 250 g/mol. The van der Waals surface area contributed by atoms with E-state index in [9.17, 15) is 18.0 Å². The van der Waals surface area contributed by atoms with Crippen LogP contribution in [0.3, 0.4) is 0 Å². The number of carbonyl (C=O) groups is 1. The molecule has 17 heavy (non-hydrogen) atoms. The fraction of sp³-hybridized carbons (Fsp3) is 0.444. The van der Waals surface area contributed by atoms with Crippen LogP contribution in [0.15, 0.2) is 6.20 Å². The van der Waals surface area contributed by atoms with Crippen molar-refractivity contribution >= 4 is 5.97 Å². The molecule has 0 amide bonds. The van der Waals surface area contributed by atoms with Crippen molar-refractivity contribution in [1.82, 2.24) is 9.97 Å². The van der Waals surface area contributed by atoms with Crippen LogP contribution in [0.4, 0.5) is 13.2 Å². The highest BCUT2D eigenvalue weighted by Crippen LogP contribution is 2.15. The highest BCUT2D eigenvalue weighted by Gasteiger charge is 2.27. The molecule has 0 aliphatic heterocycles. The molecule has 0 fully saturated rings. The second-order valence-electron chi connectivity index (χ2n) is 3.20. The molecule has 0 saturated heterocycles. The third kappa shape index (κ3) is 4.35. The quantitative estimate of drug-likeness (QED) is 0.877. The first-order valence-electron chi connectivity index (χ1n) is 4.50. The van der Waals surface area contributed by atoms with E-state index in [2.05, 4.69) is 14.7 Å². The minimum absolute atomic E-state index is 0.0109. The number of rotatable bonds is 4. The zero-order chi connectivity index (χ0) is 13.1. The van der Waals surface area contributed by atoms with Crippen LogP contribution in [0.5, 0.6) is 0 Å². The third-order valence-electron chi connectivity index (χ3n) is 1.76. The van der Waals surface area contributed by atoms with Crippen molar-refractivity contribution in [3.05, 3.63) is 23.3 Å². The number of ether oxygens (including phenoxy) is 1. The maximum Gasteiger partial charge on any atom is 0.411 e. The van der Waals surface area contributed by atoms with Gasteiger partial charge in [-0.1, -0.05) is 0 Å². The van der Waals surface area contributed by atoms with Crippen molar-refractivity contribution < 1.29 is 27.8 Å². The van der Waals surface area contributed by atoms with E-state index < -0.39 is 25.4 Å². The normalized spacial score (nSPS) is 11.5. The van der Waals surface area contributed by atoms with Crippen LogP contribution < -0.4 is 0 Å². The molecule has 5 nitrogen and oxygen atoms in total. The van der Waals surface area contributed by atoms with E-state index >= 15 is 0 Å². The van der Waals surface area contributed by atoms with Gasteiger partial charge in [-0.05, 0) is 6.92 Å².